The van der Waals surface area contributed by atoms with Gasteiger partial charge in [0.2, 0.25) is 0 Å². The van der Waals surface area contributed by atoms with Gasteiger partial charge in [-0.1, -0.05) is 13.0 Å². The number of fused-ring (bicyclic) bond motifs is 1. The number of thiophene rings is 1. The van der Waals surface area contributed by atoms with Crippen LogP contribution in [0.5, 0.6) is 0 Å². The Morgan fingerprint density at radius 1 is 1.32 bits per heavy atom. The van der Waals surface area contributed by atoms with Crippen molar-refractivity contribution in [2.75, 3.05) is 25.5 Å². The molecule has 0 bridgehead atoms. The van der Waals surface area contributed by atoms with Crippen LogP contribution in [-0.4, -0.2) is 37.0 Å². The van der Waals surface area contributed by atoms with Gasteiger partial charge in [0.1, 0.15) is 5.00 Å². The van der Waals surface area contributed by atoms with Crippen LogP contribution in [0.15, 0.2) is 24.3 Å². The van der Waals surface area contributed by atoms with Crippen LogP contribution in [0.4, 0.5) is 18.2 Å². The topological polar surface area (TPSA) is 58.6 Å². The summed E-state index contributed by atoms with van der Waals surface area (Å²) in [6.07, 6.45) is -3.90. The summed E-state index contributed by atoms with van der Waals surface area (Å²) >= 11 is 1.26. The number of carbonyl (C=O) groups excluding carboxylic acids is 2. The molecule has 2 aromatic rings. The zero-order valence-corrected chi connectivity index (χ0v) is 16.2. The van der Waals surface area contributed by atoms with Crippen molar-refractivity contribution in [1.29, 1.82) is 0 Å². The van der Waals surface area contributed by atoms with Crippen LogP contribution in [0.2, 0.25) is 0 Å². The van der Waals surface area contributed by atoms with Gasteiger partial charge in [0.25, 0.3) is 5.91 Å². The number of hydrogen-bond donors (Lipinski definition) is 1. The van der Waals surface area contributed by atoms with E-state index in [1.807, 2.05) is 6.92 Å². The predicted molar refractivity (Wildman–Crippen MR) is 99.7 cm³/mol. The molecule has 1 aromatic heterocycles. The number of ether oxygens (including phenoxy) is 1. The molecular formula is C19H19F3N2O3S. The van der Waals surface area contributed by atoms with Gasteiger partial charge in [-0.15, -0.1) is 11.3 Å². The lowest BCUT2D eigenvalue weighted by Gasteiger charge is -2.25. The fourth-order valence-corrected chi connectivity index (χ4v) is 4.42. The van der Waals surface area contributed by atoms with E-state index in [0.29, 0.717) is 23.5 Å². The molecule has 1 amide bonds. The third-order valence-electron chi connectivity index (χ3n) is 4.65. The molecule has 9 heteroatoms. The summed E-state index contributed by atoms with van der Waals surface area (Å²) in [5, 5.41) is 2.91. The Hall–Kier alpha value is -2.39. The SMILES string of the molecule is CCN1CCc2c(sc(NC(=O)c3cccc(C(F)(F)F)c3)c2C(=O)OC)C1. The molecule has 0 atom stereocenters. The Kier molecular flexibility index (Phi) is 5.76. The van der Waals surface area contributed by atoms with Gasteiger partial charge in [0, 0.05) is 23.5 Å². The average Bonchev–Trinajstić information content (AvgIpc) is 3.03. The fraction of sp³-hybridized carbons (Fsp3) is 0.368. The summed E-state index contributed by atoms with van der Waals surface area (Å²) in [5.41, 5.74) is 0.0871. The first-order valence-corrected chi connectivity index (χ1v) is 9.50. The highest BCUT2D eigenvalue weighted by Gasteiger charge is 2.32. The molecule has 0 fully saturated rings. The zero-order chi connectivity index (χ0) is 20.5. The van der Waals surface area contributed by atoms with Crippen molar-refractivity contribution >= 4 is 28.2 Å². The third-order valence-corrected chi connectivity index (χ3v) is 5.78. The molecule has 5 nitrogen and oxygen atoms in total. The molecule has 1 aliphatic heterocycles. The van der Waals surface area contributed by atoms with Crippen molar-refractivity contribution in [3.63, 3.8) is 0 Å². The highest BCUT2D eigenvalue weighted by molar-refractivity contribution is 7.17. The molecule has 0 aliphatic carbocycles. The first-order valence-electron chi connectivity index (χ1n) is 8.68. The molecule has 150 valence electrons. The van der Waals surface area contributed by atoms with E-state index >= 15 is 0 Å². The number of anilines is 1. The summed E-state index contributed by atoms with van der Waals surface area (Å²) < 4.78 is 43.6. The second kappa shape index (κ2) is 7.92. The lowest BCUT2D eigenvalue weighted by atomic mass is 10.0. The van der Waals surface area contributed by atoms with Crippen molar-refractivity contribution in [3.8, 4) is 0 Å². The number of nitrogens with one attached hydrogen (secondary N) is 1. The maximum Gasteiger partial charge on any atom is 0.416 e. The highest BCUT2D eigenvalue weighted by atomic mass is 32.1. The second-order valence-electron chi connectivity index (χ2n) is 6.35. The molecule has 28 heavy (non-hydrogen) atoms. The molecule has 3 rings (SSSR count). The number of benzene rings is 1. The number of amides is 1. The molecule has 2 heterocycles. The number of nitrogens with zero attached hydrogens (tertiary/aromatic N) is 1. The zero-order valence-electron chi connectivity index (χ0n) is 15.4. The van der Waals surface area contributed by atoms with Gasteiger partial charge in [-0.05, 0) is 36.7 Å². The molecule has 0 radical (unpaired) electrons. The summed E-state index contributed by atoms with van der Waals surface area (Å²) in [6.45, 7) is 4.33. The second-order valence-corrected chi connectivity index (χ2v) is 7.46. The number of halogens is 3. The average molecular weight is 412 g/mol. The first kappa shape index (κ1) is 20.3. The van der Waals surface area contributed by atoms with Crippen molar-refractivity contribution < 1.29 is 27.5 Å². The van der Waals surface area contributed by atoms with E-state index in [1.165, 1.54) is 30.6 Å². The Bertz CT molecular complexity index is 908. The lowest BCUT2D eigenvalue weighted by Crippen LogP contribution is -2.29. The number of likely N-dealkylation sites (N-methyl/N-ethyl adjacent to an activating group) is 1. The van der Waals surface area contributed by atoms with Crippen LogP contribution >= 0.6 is 11.3 Å². The maximum absolute atomic E-state index is 12.9. The smallest absolute Gasteiger partial charge is 0.416 e. The Morgan fingerprint density at radius 3 is 2.71 bits per heavy atom. The van der Waals surface area contributed by atoms with Gasteiger partial charge in [-0.25, -0.2) is 4.79 Å². The van der Waals surface area contributed by atoms with E-state index in [4.69, 9.17) is 4.74 Å². The minimum Gasteiger partial charge on any atom is -0.465 e. The quantitative estimate of drug-likeness (QED) is 0.766. The van der Waals surface area contributed by atoms with E-state index in [-0.39, 0.29) is 5.56 Å². The summed E-state index contributed by atoms with van der Waals surface area (Å²) in [7, 11) is 1.26. The standard InChI is InChI=1S/C19H19F3N2O3S/c1-3-24-8-7-13-14(10-24)28-17(15(13)18(26)27-2)23-16(25)11-5-4-6-12(9-11)19(20,21)22/h4-6,9H,3,7-8,10H2,1-2H3,(H,23,25). The van der Waals surface area contributed by atoms with Crippen LogP contribution in [0.25, 0.3) is 0 Å². The van der Waals surface area contributed by atoms with Crippen LogP contribution in [-0.2, 0) is 23.9 Å². The monoisotopic (exact) mass is 412 g/mol. The van der Waals surface area contributed by atoms with E-state index in [2.05, 4.69) is 10.2 Å². The van der Waals surface area contributed by atoms with Crippen molar-refractivity contribution in [1.82, 2.24) is 4.90 Å². The van der Waals surface area contributed by atoms with Crippen LogP contribution in [0.3, 0.4) is 0 Å². The van der Waals surface area contributed by atoms with Crippen molar-refractivity contribution in [2.24, 2.45) is 0 Å². The molecule has 1 N–H and O–H groups in total. The molecule has 0 spiro atoms. The molecule has 1 aliphatic rings. The van der Waals surface area contributed by atoms with Gasteiger partial charge in [-0.2, -0.15) is 13.2 Å². The van der Waals surface area contributed by atoms with Gasteiger partial charge in [-0.3, -0.25) is 9.69 Å². The summed E-state index contributed by atoms with van der Waals surface area (Å²) in [4.78, 5) is 28.0. The minimum absolute atomic E-state index is 0.132. The van der Waals surface area contributed by atoms with E-state index in [1.54, 1.807) is 0 Å². The van der Waals surface area contributed by atoms with Crippen LogP contribution in [0.1, 0.15) is 43.6 Å². The molecule has 1 aromatic carbocycles. The number of rotatable bonds is 4. The maximum atomic E-state index is 12.9. The van der Waals surface area contributed by atoms with Gasteiger partial charge >= 0.3 is 12.1 Å². The number of carbonyl (C=O) groups is 2. The van der Waals surface area contributed by atoms with Crippen LogP contribution < -0.4 is 5.32 Å². The number of methoxy groups -OCH3 is 1. The van der Waals surface area contributed by atoms with E-state index in [9.17, 15) is 22.8 Å². The summed E-state index contributed by atoms with van der Waals surface area (Å²) in [5.74, 6) is -1.27. The highest BCUT2D eigenvalue weighted by Crippen LogP contribution is 2.38. The van der Waals surface area contributed by atoms with Crippen molar-refractivity contribution in [2.45, 2.75) is 26.1 Å². The molecule has 0 unspecified atom stereocenters. The Labute approximate surface area is 164 Å². The molecule has 0 saturated carbocycles. The molecular weight excluding hydrogens is 393 g/mol. The normalized spacial score (nSPS) is 14.5. The number of alkyl halides is 3. The van der Waals surface area contributed by atoms with E-state index in [0.717, 1.165) is 35.7 Å². The van der Waals surface area contributed by atoms with Crippen LogP contribution in [0, 0.1) is 0 Å². The Morgan fingerprint density at radius 2 is 2.07 bits per heavy atom. The summed E-state index contributed by atoms with van der Waals surface area (Å²) in [6, 6.07) is 4.17. The minimum atomic E-state index is -4.54. The van der Waals surface area contributed by atoms with Gasteiger partial charge in [0.15, 0.2) is 0 Å². The van der Waals surface area contributed by atoms with Crippen molar-refractivity contribution in [3.05, 3.63) is 51.4 Å². The molecule has 0 saturated heterocycles. The van der Waals surface area contributed by atoms with Gasteiger partial charge in [0.05, 0.1) is 18.2 Å². The Balaban J connectivity index is 1.93. The lowest BCUT2D eigenvalue weighted by molar-refractivity contribution is -0.137. The first-order chi connectivity index (χ1) is 13.2. The van der Waals surface area contributed by atoms with E-state index < -0.39 is 23.6 Å². The largest absolute Gasteiger partial charge is 0.465 e. The third kappa shape index (κ3) is 4.05. The predicted octanol–water partition coefficient (Wildman–Crippen LogP) is 4.18. The number of esters is 1. The van der Waals surface area contributed by atoms with Gasteiger partial charge < -0.3 is 10.1 Å². The number of hydrogen-bond acceptors (Lipinski definition) is 5. The fourth-order valence-electron chi connectivity index (χ4n) is 3.14.